The number of para-hydroxylation sites is 2. The van der Waals surface area contributed by atoms with Gasteiger partial charge in [0.05, 0.1) is 51.0 Å². The molecule has 402 valence electrons. The van der Waals surface area contributed by atoms with E-state index in [1.165, 1.54) is 47.0 Å². The first-order valence-corrected chi connectivity index (χ1v) is 29.5. The van der Waals surface area contributed by atoms with Crippen molar-refractivity contribution in [1.82, 2.24) is 0 Å². The van der Waals surface area contributed by atoms with Crippen LogP contribution < -0.4 is 30.4 Å². The molecule has 77 heavy (non-hydrogen) atoms. The van der Waals surface area contributed by atoms with E-state index in [1.807, 2.05) is 78.9 Å². The summed E-state index contributed by atoms with van der Waals surface area (Å²) in [6.07, 6.45) is 3.16. The highest BCUT2D eigenvalue weighted by molar-refractivity contribution is 8.03. The van der Waals surface area contributed by atoms with Gasteiger partial charge in [0.1, 0.15) is 46.5 Å². The third-order valence-corrected chi connectivity index (χ3v) is 17.0. The fraction of sp³-hybridized carbons (Fsp3) is 0.333. The van der Waals surface area contributed by atoms with Gasteiger partial charge in [0, 0.05) is 41.0 Å². The number of anilines is 2. The molecule has 0 bridgehead atoms. The number of hydrogen-bond donors (Lipinski definition) is 2. The van der Waals surface area contributed by atoms with E-state index in [0.29, 0.717) is 119 Å². The van der Waals surface area contributed by atoms with Crippen molar-refractivity contribution in [3.05, 3.63) is 128 Å². The number of benzene rings is 6. The van der Waals surface area contributed by atoms with Crippen LogP contribution >= 0.6 is 81.9 Å². The van der Waals surface area contributed by atoms with Gasteiger partial charge in [-0.25, -0.2) is 0 Å². The van der Waals surface area contributed by atoms with Crippen LogP contribution in [0.5, 0.6) is 23.0 Å². The second-order valence-electron chi connectivity index (χ2n) is 19.2. The number of hydrogen-bond acceptors (Lipinski definition) is 14. The maximum Gasteiger partial charge on any atom is 0.153 e. The third-order valence-electron chi connectivity index (χ3n) is 11.2. The molecule has 0 amide bonds. The molecule has 0 saturated heterocycles. The Kier molecular flexibility index (Phi) is 25.1. The molecule has 6 rings (SSSR count). The van der Waals surface area contributed by atoms with Crippen LogP contribution in [-0.2, 0) is 0 Å². The first kappa shape index (κ1) is 62.2. The molecule has 4 N–H and O–H groups in total. The number of ether oxygens (including phenoxy) is 4. The molecule has 17 heteroatoms. The predicted molar refractivity (Wildman–Crippen MR) is 318 cm³/mol. The van der Waals surface area contributed by atoms with Crippen molar-refractivity contribution in [3.8, 4) is 47.3 Å². The summed E-state index contributed by atoms with van der Waals surface area (Å²) in [5, 5.41) is 42.6. The summed E-state index contributed by atoms with van der Waals surface area (Å²) in [6, 6.07) is 36.7. The van der Waals surface area contributed by atoms with Crippen LogP contribution in [0.15, 0.2) is 130 Å². The second-order valence-corrected chi connectivity index (χ2v) is 24.7. The summed E-state index contributed by atoms with van der Waals surface area (Å²) in [6.45, 7) is 18.4. The highest BCUT2D eigenvalue weighted by atomic mass is 35.5. The Morgan fingerprint density at radius 1 is 0.416 bits per heavy atom. The molecule has 0 aliphatic rings. The van der Waals surface area contributed by atoms with Gasteiger partial charge in [-0.3, -0.25) is 0 Å². The minimum atomic E-state index is 0.138. The lowest BCUT2D eigenvalue weighted by atomic mass is 10.1. The molecule has 0 aromatic heterocycles. The molecule has 0 atom stereocenters. The molecule has 0 unspecified atom stereocenters. The number of nitrogen functional groups attached to an aromatic ring is 2. The van der Waals surface area contributed by atoms with Crippen molar-refractivity contribution in [2.45, 2.75) is 120 Å². The van der Waals surface area contributed by atoms with Gasteiger partial charge in [0.2, 0.25) is 0 Å². The lowest BCUT2D eigenvalue weighted by molar-refractivity contribution is 0.269. The van der Waals surface area contributed by atoms with Gasteiger partial charge < -0.3 is 30.4 Å². The molecule has 10 nitrogen and oxygen atoms in total. The number of nitrogens with zero attached hydrogens (tertiary/aromatic N) is 4. The molecule has 0 aliphatic carbocycles. The fourth-order valence-electron chi connectivity index (χ4n) is 6.94. The second kappa shape index (κ2) is 31.1. The maximum atomic E-state index is 10.3. The van der Waals surface area contributed by atoms with E-state index < -0.39 is 0 Å². The molecular weight excluding hydrogens is 1100 g/mol. The molecule has 0 fully saturated rings. The molecule has 0 aliphatic heterocycles. The van der Waals surface area contributed by atoms with Crippen LogP contribution in [0.25, 0.3) is 0 Å². The van der Waals surface area contributed by atoms with Crippen LogP contribution in [0.3, 0.4) is 0 Å². The number of nitriles is 4. The minimum Gasteiger partial charge on any atom is -0.491 e. The van der Waals surface area contributed by atoms with E-state index >= 15 is 0 Å². The van der Waals surface area contributed by atoms with Crippen molar-refractivity contribution >= 4 is 93.2 Å². The van der Waals surface area contributed by atoms with Gasteiger partial charge in [-0.05, 0) is 110 Å². The van der Waals surface area contributed by atoms with Gasteiger partial charge in [0.25, 0.3) is 0 Å². The van der Waals surface area contributed by atoms with Crippen molar-refractivity contribution < 1.29 is 18.9 Å². The van der Waals surface area contributed by atoms with E-state index in [9.17, 15) is 21.0 Å². The summed E-state index contributed by atoms with van der Waals surface area (Å²) < 4.78 is 25.2. The number of rotatable bonds is 24. The average molecular weight is 1170 g/mol. The summed E-state index contributed by atoms with van der Waals surface area (Å²) in [4.78, 5) is 5.85. The number of halogens is 3. The zero-order valence-corrected chi connectivity index (χ0v) is 50.0. The molecule has 0 spiro atoms. The zero-order chi connectivity index (χ0) is 56.2. The Morgan fingerprint density at radius 2 is 0.753 bits per heavy atom. The normalized spacial score (nSPS) is 10.9. The SMILES string of the molecule is CC(C)CCOc1c(C#N)c(C#N)c(OCCC(C)C)c(Sc2ccc(Cl)cc2Cl)c1Sc1ccccc1N.CC(C)CCOc1c(C#N)c(C#N)c(OCCC(C)C)c(Sc2ccccc2N)c1Sc1cccc(Cl)c1. The molecule has 0 radical (unpaired) electrons. The van der Waals surface area contributed by atoms with Crippen molar-refractivity contribution in [2.24, 2.45) is 23.7 Å². The summed E-state index contributed by atoms with van der Waals surface area (Å²) in [7, 11) is 0. The van der Waals surface area contributed by atoms with E-state index in [-0.39, 0.29) is 22.3 Å². The highest BCUT2D eigenvalue weighted by Crippen LogP contribution is 2.55. The van der Waals surface area contributed by atoms with Gasteiger partial charge in [-0.2, -0.15) is 21.0 Å². The van der Waals surface area contributed by atoms with Crippen LogP contribution in [0, 0.1) is 69.0 Å². The fourth-order valence-corrected chi connectivity index (χ4v) is 12.2. The minimum absolute atomic E-state index is 0.138. The Hall–Kier alpha value is -5.65. The van der Waals surface area contributed by atoms with Crippen LogP contribution in [0.4, 0.5) is 11.4 Å². The summed E-state index contributed by atoms with van der Waals surface area (Å²) in [5.41, 5.74) is 14.5. The van der Waals surface area contributed by atoms with E-state index in [2.05, 4.69) is 79.7 Å². The van der Waals surface area contributed by atoms with Gasteiger partial charge in [0.15, 0.2) is 23.0 Å². The Labute approximate surface area is 487 Å². The average Bonchev–Trinajstić information content (AvgIpc) is 3.38. The van der Waals surface area contributed by atoms with Gasteiger partial charge in [-0.1, -0.05) is 168 Å². The maximum absolute atomic E-state index is 10.3. The van der Waals surface area contributed by atoms with E-state index in [0.717, 1.165) is 45.3 Å². The first-order valence-electron chi connectivity index (χ1n) is 25.1. The summed E-state index contributed by atoms with van der Waals surface area (Å²) >= 11 is 24.6. The molecule has 0 saturated carbocycles. The molecular formula is C60H63Cl3N6O4S4. The Bertz CT molecular complexity index is 3160. The first-order chi connectivity index (χ1) is 36.9. The van der Waals surface area contributed by atoms with Crippen LogP contribution in [0.1, 0.15) is 103 Å². The van der Waals surface area contributed by atoms with Crippen molar-refractivity contribution in [2.75, 3.05) is 37.9 Å². The molecule has 0 heterocycles. The zero-order valence-electron chi connectivity index (χ0n) is 44.5. The third kappa shape index (κ3) is 17.9. The lowest BCUT2D eigenvalue weighted by Gasteiger charge is -2.23. The predicted octanol–water partition coefficient (Wildman–Crippen LogP) is 18.3. The Morgan fingerprint density at radius 3 is 1.08 bits per heavy atom. The molecule has 6 aromatic carbocycles. The quantitative estimate of drug-likeness (QED) is 0.0546. The van der Waals surface area contributed by atoms with Crippen LogP contribution in [0.2, 0.25) is 15.1 Å². The monoisotopic (exact) mass is 1160 g/mol. The Balaban J connectivity index is 0.000000284. The largest absolute Gasteiger partial charge is 0.491 e. The highest BCUT2D eigenvalue weighted by Gasteiger charge is 2.31. The van der Waals surface area contributed by atoms with Gasteiger partial charge >= 0.3 is 0 Å². The smallest absolute Gasteiger partial charge is 0.153 e. The number of nitrogens with two attached hydrogens (primary N) is 2. The summed E-state index contributed by atoms with van der Waals surface area (Å²) in [5.74, 6) is 3.04. The molecule has 6 aromatic rings. The lowest BCUT2D eigenvalue weighted by Crippen LogP contribution is -2.09. The van der Waals surface area contributed by atoms with E-state index in [1.54, 1.807) is 12.1 Å². The topological polar surface area (TPSA) is 184 Å². The van der Waals surface area contributed by atoms with Gasteiger partial charge in [-0.15, -0.1) is 0 Å². The van der Waals surface area contributed by atoms with Crippen LogP contribution in [-0.4, -0.2) is 26.4 Å². The van der Waals surface area contributed by atoms with Crippen molar-refractivity contribution in [1.29, 1.82) is 21.0 Å². The van der Waals surface area contributed by atoms with E-state index in [4.69, 9.17) is 65.2 Å². The standard InChI is InChI=1S/C30H31Cl2N3O2S2.C30H32ClN3O2S2/c1-18(2)11-13-36-27-21(16-33)22(17-34)28(37-14-12-19(3)4)30(39-26-8-6-5-7-24(26)35)29(27)38-25-10-9-20(31)15-23(25)32;1-19(2)12-14-35-27-23(17-32)24(18-33)28(36-15-13-20(3)4)30(38-26-11-6-5-10-25(26)34)29(27)37-22-9-7-8-21(31)16-22/h5-10,15,18-19H,11-14,35H2,1-4H3;5-11,16,19-20H,12-15,34H2,1-4H3. The van der Waals surface area contributed by atoms with Crippen molar-refractivity contribution in [3.63, 3.8) is 0 Å².